The molecule has 0 unspecified atom stereocenters. The number of ether oxygens (including phenoxy) is 1. The minimum absolute atomic E-state index is 0.255. The van der Waals surface area contributed by atoms with Crippen molar-refractivity contribution >= 4 is 0 Å². The lowest BCUT2D eigenvalue weighted by Gasteiger charge is -2.02. The van der Waals surface area contributed by atoms with Gasteiger partial charge in [0.25, 0.3) is 0 Å². The average Bonchev–Trinajstić information content (AvgIpc) is 3.16. The molecule has 18 heavy (non-hydrogen) atoms. The number of benzene rings is 1. The zero-order valence-corrected chi connectivity index (χ0v) is 9.67. The lowest BCUT2D eigenvalue weighted by Crippen LogP contribution is -1.97. The number of nitrogens with zero attached hydrogens (tertiary/aromatic N) is 3. The van der Waals surface area contributed by atoms with Crippen LogP contribution in [0.2, 0.25) is 0 Å². The van der Waals surface area contributed by atoms with E-state index in [0.29, 0.717) is 28.9 Å². The van der Waals surface area contributed by atoms with Gasteiger partial charge >= 0.3 is 0 Å². The molecule has 1 aliphatic rings. The molecule has 1 saturated carbocycles. The molecule has 1 heterocycles. The summed E-state index contributed by atoms with van der Waals surface area (Å²) in [6, 6.07) is 9.05. The number of hydrogen-bond acceptors (Lipinski definition) is 5. The van der Waals surface area contributed by atoms with Gasteiger partial charge in [0, 0.05) is 5.92 Å². The van der Waals surface area contributed by atoms with E-state index in [0.717, 1.165) is 12.8 Å². The first kappa shape index (κ1) is 10.8. The SMILES string of the molecule is N#Cc1cccc(OCc2noc(C3CC3)n2)c1. The van der Waals surface area contributed by atoms with Crippen molar-refractivity contribution in [3.05, 3.63) is 41.5 Å². The molecule has 0 bridgehead atoms. The average molecular weight is 241 g/mol. The summed E-state index contributed by atoms with van der Waals surface area (Å²) in [5, 5.41) is 12.6. The lowest BCUT2D eigenvalue weighted by atomic mass is 10.2. The van der Waals surface area contributed by atoms with Crippen molar-refractivity contribution in [2.24, 2.45) is 0 Å². The molecule has 90 valence electrons. The Morgan fingerprint density at radius 1 is 1.44 bits per heavy atom. The fourth-order valence-corrected chi connectivity index (χ4v) is 1.63. The Kier molecular flexibility index (Phi) is 2.69. The van der Waals surface area contributed by atoms with E-state index in [1.165, 1.54) is 0 Å². The van der Waals surface area contributed by atoms with Crippen molar-refractivity contribution in [2.75, 3.05) is 0 Å². The second-order valence-corrected chi connectivity index (χ2v) is 4.25. The molecule has 1 fully saturated rings. The van der Waals surface area contributed by atoms with Crippen LogP contribution < -0.4 is 4.74 Å². The maximum absolute atomic E-state index is 8.77. The van der Waals surface area contributed by atoms with E-state index in [1.807, 2.05) is 0 Å². The van der Waals surface area contributed by atoms with Gasteiger partial charge in [-0.15, -0.1) is 0 Å². The van der Waals surface area contributed by atoms with Gasteiger partial charge in [-0.1, -0.05) is 11.2 Å². The van der Waals surface area contributed by atoms with Crippen LogP contribution in [-0.4, -0.2) is 10.1 Å². The molecule has 5 nitrogen and oxygen atoms in total. The van der Waals surface area contributed by atoms with Crippen LogP contribution in [0.25, 0.3) is 0 Å². The normalized spacial score (nSPS) is 14.2. The Balaban J connectivity index is 1.64. The van der Waals surface area contributed by atoms with Crippen molar-refractivity contribution in [1.29, 1.82) is 5.26 Å². The number of rotatable bonds is 4. The molecule has 0 spiro atoms. The topological polar surface area (TPSA) is 71.9 Å². The molecule has 1 aromatic heterocycles. The number of hydrogen-bond donors (Lipinski definition) is 0. The van der Waals surface area contributed by atoms with E-state index in [9.17, 15) is 0 Å². The highest BCUT2D eigenvalue weighted by molar-refractivity contribution is 5.36. The fourth-order valence-electron chi connectivity index (χ4n) is 1.63. The van der Waals surface area contributed by atoms with E-state index in [-0.39, 0.29) is 6.61 Å². The summed E-state index contributed by atoms with van der Waals surface area (Å²) >= 11 is 0. The predicted octanol–water partition coefficient (Wildman–Crippen LogP) is 2.40. The van der Waals surface area contributed by atoms with Gasteiger partial charge in [0.15, 0.2) is 6.61 Å². The van der Waals surface area contributed by atoms with Gasteiger partial charge in [-0.05, 0) is 31.0 Å². The Hall–Kier alpha value is -2.35. The smallest absolute Gasteiger partial charge is 0.229 e. The minimum Gasteiger partial charge on any atom is -0.485 e. The first-order valence-electron chi connectivity index (χ1n) is 5.80. The van der Waals surface area contributed by atoms with Crippen LogP contribution in [0.4, 0.5) is 0 Å². The Labute approximate surface area is 104 Å². The van der Waals surface area contributed by atoms with Crippen LogP contribution in [0, 0.1) is 11.3 Å². The third-order valence-electron chi connectivity index (χ3n) is 2.74. The van der Waals surface area contributed by atoms with Crippen LogP contribution in [0.5, 0.6) is 5.75 Å². The van der Waals surface area contributed by atoms with Gasteiger partial charge in [0.05, 0.1) is 11.6 Å². The molecule has 3 rings (SSSR count). The first-order valence-corrected chi connectivity index (χ1v) is 5.80. The van der Waals surface area contributed by atoms with Crippen LogP contribution >= 0.6 is 0 Å². The molecule has 1 aliphatic carbocycles. The molecule has 1 aromatic carbocycles. The van der Waals surface area contributed by atoms with Crippen LogP contribution in [-0.2, 0) is 6.61 Å². The standard InChI is InChI=1S/C13H11N3O2/c14-7-9-2-1-3-11(6-9)17-8-12-15-13(18-16-12)10-4-5-10/h1-3,6,10H,4-5,8H2. The lowest BCUT2D eigenvalue weighted by molar-refractivity contribution is 0.285. The second kappa shape index (κ2) is 4.49. The Bertz CT molecular complexity index is 596. The minimum atomic E-state index is 0.255. The summed E-state index contributed by atoms with van der Waals surface area (Å²) in [6.07, 6.45) is 2.26. The summed E-state index contributed by atoms with van der Waals surface area (Å²) in [5.41, 5.74) is 0.569. The van der Waals surface area contributed by atoms with Gasteiger partial charge in [-0.3, -0.25) is 0 Å². The Morgan fingerprint density at radius 2 is 2.33 bits per heavy atom. The van der Waals surface area contributed by atoms with Crippen LogP contribution in [0.1, 0.15) is 36.0 Å². The molecule has 5 heteroatoms. The predicted molar refractivity (Wildman–Crippen MR) is 61.8 cm³/mol. The second-order valence-electron chi connectivity index (χ2n) is 4.25. The summed E-state index contributed by atoms with van der Waals surface area (Å²) < 4.78 is 10.6. The quantitative estimate of drug-likeness (QED) is 0.821. The molecular weight excluding hydrogens is 230 g/mol. The summed E-state index contributed by atoms with van der Waals surface area (Å²) in [4.78, 5) is 4.26. The highest BCUT2D eigenvalue weighted by atomic mass is 16.5. The third kappa shape index (κ3) is 2.33. The maximum Gasteiger partial charge on any atom is 0.229 e. The molecule has 0 N–H and O–H groups in total. The molecule has 0 amide bonds. The van der Waals surface area contributed by atoms with Crippen molar-refractivity contribution in [3.8, 4) is 11.8 Å². The summed E-state index contributed by atoms with van der Waals surface area (Å²) in [5.74, 6) is 2.33. The fraction of sp³-hybridized carbons (Fsp3) is 0.308. The molecule has 0 saturated heterocycles. The van der Waals surface area contributed by atoms with Gasteiger partial charge in [-0.2, -0.15) is 10.2 Å². The highest BCUT2D eigenvalue weighted by Gasteiger charge is 2.29. The first-order chi connectivity index (χ1) is 8.85. The maximum atomic E-state index is 8.77. The monoisotopic (exact) mass is 241 g/mol. The number of aromatic nitrogens is 2. The third-order valence-corrected chi connectivity index (χ3v) is 2.74. The van der Waals surface area contributed by atoms with Crippen molar-refractivity contribution in [1.82, 2.24) is 10.1 Å². The van der Waals surface area contributed by atoms with Crippen molar-refractivity contribution in [2.45, 2.75) is 25.4 Å². The van der Waals surface area contributed by atoms with E-state index in [1.54, 1.807) is 24.3 Å². The highest BCUT2D eigenvalue weighted by Crippen LogP contribution is 2.38. The van der Waals surface area contributed by atoms with Gasteiger partial charge < -0.3 is 9.26 Å². The summed E-state index contributed by atoms with van der Waals surface area (Å²) in [6.45, 7) is 0.255. The molecule has 0 aliphatic heterocycles. The van der Waals surface area contributed by atoms with Crippen LogP contribution in [0.3, 0.4) is 0 Å². The van der Waals surface area contributed by atoms with Crippen molar-refractivity contribution in [3.63, 3.8) is 0 Å². The van der Waals surface area contributed by atoms with E-state index in [2.05, 4.69) is 16.2 Å². The summed E-state index contributed by atoms with van der Waals surface area (Å²) in [7, 11) is 0. The van der Waals surface area contributed by atoms with Gasteiger partial charge in [0.1, 0.15) is 5.75 Å². The van der Waals surface area contributed by atoms with Gasteiger partial charge in [0.2, 0.25) is 11.7 Å². The Morgan fingerprint density at radius 3 is 3.11 bits per heavy atom. The van der Waals surface area contributed by atoms with E-state index < -0.39 is 0 Å². The number of nitriles is 1. The van der Waals surface area contributed by atoms with Gasteiger partial charge in [-0.25, -0.2) is 0 Å². The zero-order chi connectivity index (χ0) is 12.4. The van der Waals surface area contributed by atoms with Crippen molar-refractivity contribution < 1.29 is 9.26 Å². The van der Waals surface area contributed by atoms with Crippen LogP contribution in [0.15, 0.2) is 28.8 Å². The molecule has 2 aromatic rings. The molecule has 0 atom stereocenters. The zero-order valence-electron chi connectivity index (χ0n) is 9.67. The largest absolute Gasteiger partial charge is 0.485 e. The van der Waals surface area contributed by atoms with E-state index in [4.69, 9.17) is 14.5 Å². The molecular formula is C13H11N3O2. The molecule has 0 radical (unpaired) electrons. The van der Waals surface area contributed by atoms with E-state index >= 15 is 0 Å².